The third-order valence-corrected chi connectivity index (χ3v) is 4.92. The van der Waals surface area contributed by atoms with Gasteiger partial charge in [-0.05, 0) is 28.7 Å². The number of piperidine rings is 1. The van der Waals surface area contributed by atoms with Gasteiger partial charge < -0.3 is 0 Å². The molecule has 2 aliphatic rings. The SMILES string of the molecule is c1ccc2c(c1)CC(=[N+]1CCCCC1)Cc1ccccc1-2. The zero-order valence-corrected chi connectivity index (χ0v) is 12.5. The van der Waals surface area contributed by atoms with Crippen LogP contribution >= 0.6 is 0 Å². The third-order valence-electron chi connectivity index (χ3n) is 4.92. The van der Waals surface area contributed by atoms with Crippen LogP contribution in [-0.2, 0) is 12.8 Å². The number of hydrogen-bond donors (Lipinski definition) is 0. The molecule has 0 saturated carbocycles. The summed E-state index contributed by atoms with van der Waals surface area (Å²) in [6.45, 7) is 2.50. The maximum absolute atomic E-state index is 2.66. The molecule has 1 heteroatoms. The highest BCUT2D eigenvalue weighted by Gasteiger charge is 2.24. The Labute approximate surface area is 127 Å². The lowest BCUT2D eigenvalue weighted by Gasteiger charge is -2.14. The quantitative estimate of drug-likeness (QED) is 0.638. The summed E-state index contributed by atoms with van der Waals surface area (Å²) in [5.74, 6) is 0. The van der Waals surface area contributed by atoms with Gasteiger partial charge in [0.1, 0.15) is 13.1 Å². The van der Waals surface area contributed by atoms with Crippen molar-refractivity contribution in [1.29, 1.82) is 0 Å². The van der Waals surface area contributed by atoms with E-state index in [4.69, 9.17) is 0 Å². The topological polar surface area (TPSA) is 3.01 Å². The van der Waals surface area contributed by atoms with Crippen molar-refractivity contribution in [3.05, 3.63) is 59.7 Å². The highest BCUT2D eigenvalue weighted by atomic mass is 15.0. The van der Waals surface area contributed by atoms with Gasteiger partial charge in [0.05, 0.1) is 12.8 Å². The van der Waals surface area contributed by atoms with Gasteiger partial charge in [0.25, 0.3) is 0 Å². The number of nitrogens with zero attached hydrogens (tertiary/aromatic N) is 1. The highest BCUT2D eigenvalue weighted by Crippen LogP contribution is 2.31. The van der Waals surface area contributed by atoms with Crippen LogP contribution in [0, 0.1) is 0 Å². The van der Waals surface area contributed by atoms with Crippen LogP contribution in [0.5, 0.6) is 0 Å². The summed E-state index contributed by atoms with van der Waals surface area (Å²) in [5, 5.41) is 0. The van der Waals surface area contributed by atoms with E-state index in [1.165, 1.54) is 54.6 Å². The first kappa shape index (κ1) is 12.8. The van der Waals surface area contributed by atoms with Crippen LogP contribution in [0.25, 0.3) is 11.1 Å². The van der Waals surface area contributed by atoms with E-state index in [-0.39, 0.29) is 0 Å². The largest absolute Gasteiger partial charge is 0.236 e. The summed E-state index contributed by atoms with van der Waals surface area (Å²) in [5.41, 5.74) is 7.46. The standard InChI is InChI=1S/C20H22N/c1-6-12-21(13-7-1)18-14-16-8-2-4-10-19(16)20-11-5-3-9-17(20)15-18/h2-5,8-11H,1,6-7,12-15H2/q+1. The van der Waals surface area contributed by atoms with Crippen LogP contribution in [0.4, 0.5) is 0 Å². The molecular weight excluding hydrogens is 254 g/mol. The molecule has 1 saturated heterocycles. The molecule has 1 fully saturated rings. The fourth-order valence-corrected chi connectivity index (χ4v) is 3.81. The van der Waals surface area contributed by atoms with Crippen LogP contribution in [0.1, 0.15) is 30.4 Å². The van der Waals surface area contributed by atoms with Crippen LogP contribution in [0.15, 0.2) is 48.5 Å². The smallest absolute Gasteiger partial charge is 0.161 e. The molecule has 1 heterocycles. The number of fused-ring (bicyclic) bond motifs is 3. The number of benzene rings is 2. The molecule has 106 valence electrons. The molecule has 0 amide bonds. The Morgan fingerprint density at radius 1 is 0.619 bits per heavy atom. The first-order chi connectivity index (χ1) is 10.4. The van der Waals surface area contributed by atoms with E-state index in [9.17, 15) is 0 Å². The first-order valence-corrected chi connectivity index (χ1v) is 8.17. The molecule has 0 atom stereocenters. The maximum Gasteiger partial charge on any atom is 0.161 e. The van der Waals surface area contributed by atoms with Crippen molar-refractivity contribution >= 4 is 5.71 Å². The number of hydrogen-bond acceptors (Lipinski definition) is 0. The van der Waals surface area contributed by atoms with Crippen LogP contribution in [-0.4, -0.2) is 23.4 Å². The molecule has 0 unspecified atom stereocenters. The third kappa shape index (κ3) is 2.42. The Balaban J connectivity index is 1.87. The minimum atomic E-state index is 1.12. The van der Waals surface area contributed by atoms with Crippen molar-refractivity contribution in [3.8, 4) is 11.1 Å². The Hall–Kier alpha value is -1.89. The predicted molar refractivity (Wildman–Crippen MR) is 88.1 cm³/mol. The van der Waals surface area contributed by atoms with Crippen LogP contribution < -0.4 is 0 Å². The molecule has 2 aromatic carbocycles. The monoisotopic (exact) mass is 276 g/mol. The summed E-state index contributed by atoms with van der Waals surface area (Å²) in [6, 6.07) is 17.9. The van der Waals surface area contributed by atoms with E-state index >= 15 is 0 Å². The highest BCUT2D eigenvalue weighted by molar-refractivity contribution is 5.91. The molecule has 1 aliphatic heterocycles. The molecule has 2 aromatic rings. The normalized spacial score (nSPS) is 17.9. The van der Waals surface area contributed by atoms with Gasteiger partial charge in [0.15, 0.2) is 5.71 Å². The van der Waals surface area contributed by atoms with E-state index < -0.39 is 0 Å². The van der Waals surface area contributed by atoms with E-state index in [2.05, 4.69) is 53.1 Å². The lowest BCUT2D eigenvalue weighted by Crippen LogP contribution is -2.29. The van der Waals surface area contributed by atoms with Gasteiger partial charge in [0.2, 0.25) is 0 Å². The molecular formula is C20H22N+. The van der Waals surface area contributed by atoms with Gasteiger partial charge >= 0.3 is 0 Å². The molecule has 1 nitrogen and oxygen atoms in total. The maximum atomic E-state index is 2.66. The molecule has 0 aromatic heterocycles. The van der Waals surface area contributed by atoms with Gasteiger partial charge in [0, 0.05) is 12.8 Å². The molecule has 0 N–H and O–H groups in total. The average molecular weight is 276 g/mol. The lowest BCUT2D eigenvalue weighted by molar-refractivity contribution is -0.539. The van der Waals surface area contributed by atoms with Crippen LogP contribution in [0.2, 0.25) is 0 Å². The van der Waals surface area contributed by atoms with E-state index in [0.29, 0.717) is 0 Å². The van der Waals surface area contributed by atoms with E-state index in [0.717, 1.165) is 12.8 Å². The van der Waals surface area contributed by atoms with Gasteiger partial charge in [-0.3, -0.25) is 0 Å². The zero-order chi connectivity index (χ0) is 14.1. The minimum absolute atomic E-state index is 1.12. The van der Waals surface area contributed by atoms with Crippen molar-refractivity contribution in [2.45, 2.75) is 32.1 Å². The van der Waals surface area contributed by atoms with Gasteiger partial charge in [-0.15, -0.1) is 0 Å². The van der Waals surface area contributed by atoms with Gasteiger partial charge in [-0.1, -0.05) is 48.5 Å². The molecule has 21 heavy (non-hydrogen) atoms. The molecule has 1 aliphatic carbocycles. The van der Waals surface area contributed by atoms with Crippen molar-refractivity contribution in [3.63, 3.8) is 0 Å². The summed E-state index contributed by atoms with van der Waals surface area (Å²) in [4.78, 5) is 0. The van der Waals surface area contributed by atoms with Gasteiger partial charge in [-0.25, -0.2) is 4.58 Å². The fraction of sp³-hybridized carbons (Fsp3) is 0.350. The minimum Gasteiger partial charge on any atom is -0.236 e. The summed E-state index contributed by atoms with van der Waals surface area (Å²) in [6.07, 6.45) is 6.34. The summed E-state index contributed by atoms with van der Waals surface area (Å²) < 4.78 is 2.66. The molecule has 0 spiro atoms. The predicted octanol–water partition coefficient (Wildman–Crippen LogP) is 4.09. The van der Waals surface area contributed by atoms with Crippen molar-refractivity contribution in [1.82, 2.24) is 0 Å². The molecule has 0 bridgehead atoms. The van der Waals surface area contributed by atoms with Gasteiger partial charge in [-0.2, -0.15) is 0 Å². The van der Waals surface area contributed by atoms with Crippen molar-refractivity contribution in [2.75, 3.05) is 13.1 Å². The zero-order valence-electron chi connectivity index (χ0n) is 12.5. The van der Waals surface area contributed by atoms with Crippen LogP contribution in [0.3, 0.4) is 0 Å². The van der Waals surface area contributed by atoms with E-state index in [1.54, 1.807) is 5.71 Å². The second-order valence-corrected chi connectivity index (χ2v) is 6.28. The van der Waals surface area contributed by atoms with E-state index in [1.807, 2.05) is 0 Å². The second kappa shape index (κ2) is 5.48. The molecule has 4 rings (SSSR count). The van der Waals surface area contributed by atoms with Crippen molar-refractivity contribution in [2.24, 2.45) is 0 Å². The summed E-state index contributed by atoms with van der Waals surface area (Å²) in [7, 11) is 0. The van der Waals surface area contributed by atoms with Crippen molar-refractivity contribution < 1.29 is 4.58 Å². The fourth-order valence-electron chi connectivity index (χ4n) is 3.81. The Morgan fingerprint density at radius 2 is 1.14 bits per heavy atom. The average Bonchev–Trinajstić information content (AvgIpc) is 2.72. The molecule has 0 radical (unpaired) electrons. The Bertz CT molecular complexity index is 639. The Kier molecular flexibility index (Phi) is 3.34. The lowest BCUT2D eigenvalue weighted by atomic mass is 9.97. The summed E-state index contributed by atoms with van der Waals surface area (Å²) >= 11 is 0. The number of rotatable bonds is 0. The Morgan fingerprint density at radius 3 is 1.71 bits per heavy atom. The second-order valence-electron chi connectivity index (χ2n) is 6.28. The first-order valence-electron chi connectivity index (χ1n) is 8.17.